The van der Waals surface area contributed by atoms with Gasteiger partial charge in [0.15, 0.2) is 0 Å². The zero-order chi connectivity index (χ0) is 15.1. The molecule has 21 heavy (non-hydrogen) atoms. The van der Waals surface area contributed by atoms with Crippen LogP contribution >= 0.6 is 0 Å². The molecule has 0 fully saturated rings. The number of nitro groups is 2. The molecule has 2 aromatic carbocycles. The van der Waals surface area contributed by atoms with Gasteiger partial charge in [0.1, 0.15) is 0 Å². The number of nitrogens with zero attached hydrogens (tertiary/aromatic N) is 2. The van der Waals surface area contributed by atoms with Crippen LogP contribution in [0.4, 0.5) is 11.4 Å². The number of nitro benzene ring substituents is 2. The van der Waals surface area contributed by atoms with Gasteiger partial charge in [0, 0.05) is 12.1 Å². The monoisotopic (exact) mass is 316 g/mol. The molecule has 0 unspecified atom stereocenters. The molecule has 0 heterocycles. The van der Waals surface area contributed by atoms with Crippen molar-refractivity contribution in [3.63, 3.8) is 0 Å². The van der Waals surface area contributed by atoms with E-state index in [2.05, 4.69) is 0 Å². The first kappa shape index (κ1) is 19.1. The third-order valence-corrected chi connectivity index (χ3v) is 2.12. The number of benzene rings is 2. The van der Waals surface area contributed by atoms with Crippen molar-refractivity contribution in [2.75, 3.05) is 0 Å². The Kier molecular flexibility index (Phi) is 8.29. The van der Waals surface area contributed by atoms with Crippen molar-refractivity contribution in [1.29, 1.82) is 0 Å². The van der Waals surface area contributed by atoms with E-state index in [1.807, 2.05) is 0 Å². The Hall–Kier alpha value is -1.90. The van der Waals surface area contributed by atoms with Gasteiger partial charge >= 0.3 is 37.7 Å². The summed E-state index contributed by atoms with van der Waals surface area (Å²) in [4.78, 5) is 18.7. The number of rotatable bonds is 2. The second-order valence-electron chi connectivity index (χ2n) is 3.45. The molecule has 0 N–H and O–H groups in total. The molecule has 0 aromatic heterocycles. The van der Waals surface area contributed by atoms with E-state index in [1.54, 1.807) is 0 Å². The molecule has 104 valence electrons. The fraction of sp³-hybridized carbons (Fsp3) is 0. The molecule has 0 saturated heterocycles. The van der Waals surface area contributed by atoms with E-state index < -0.39 is 21.3 Å². The number of hydrogen-bond acceptors (Lipinski definition) is 6. The molecule has 2 rings (SSSR count). The van der Waals surface area contributed by atoms with Gasteiger partial charge in [0.25, 0.3) is 11.4 Å². The fourth-order valence-corrected chi connectivity index (χ4v) is 1.22. The van der Waals surface area contributed by atoms with Gasteiger partial charge in [-0.2, -0.15) is 0 Å². The third kappa shape index (κ3) is 5.94. The van der Waals surface area contributed by atoms with Crippen molar-refractivity contribution in [1.82, 2.24) is 0 Å². The van der Waals surface area contributed by atoms with Crippen LogP contribution in [0.1, 0.15) is 0 Å². The smallest absolute Gasteiger partial charge is 0.868 e. The van der Waals surface area contributed by atoms with E-state index in [0.29, 0.717) is 0 Å². The molecule has 8 nitrogen and oxygen atoms in total. The maximum absolute atomic E-state index is 10.6. The summed E-state index contributed by atoms with van der Waals surface area (Å²) in [6.07, 6.45) is 0. The first-order valence-electron chi connectivity index (χ1n) is 5.24. The van der Waals surface area contributed by atoms with Crippen LogP contribution in [0.2, 0.25) is 0 Å². The van der Waals surface area contributed by atoms with Crippen LogP contribution in [0.3, 0.4) is 0 Å². The largest absolute Gasteiger partial charge is 2.00 e. The zero-order valence-electron chi connectivity index (χ0n) is 10.7. The van der Waals surface area contributed by atoms with E-state index in [9.17, 15) is 30.4 Å². The normalized spacial score (nSPS) is 8.76. The summed E-state index contributed by atoms with van der Waals surface area (Å²) in [6.45, 7) is 0. The second-order valence-corrected chi connectivity index (χ2v) is 3.45. The third-order valence-electron chi connectivity index (χ3n) is 2.12. The molecule has 0 aliphatic heterocycles. The number of para-hydroxylation sites is 4. The predicted octanol–water partition coefficient (Wildman–Crippen LogP) is 0.956. The van der Waals surface area contributed by atoms with Crippen LogP contribution in [0, 0.1) is 20.2 Å². The van der Waals surface area contributed by atoms with Crippen molar-refractivity contribution >= 4 is 49.1 Å². The summed E-state index contributed by atoms with van der Waals surface area (Å²) in [5.74, 6) is -1.10. The summed E-state index contributed by atoms with van der Waals surface area (Å²) < 4.78 is 0. The van der Waals surface area contributed by atoms with Crippen LogP contribution in [0.15, 0.2) is 48.5 Å². The maximum Gasteiger partial charge on any atom is 2.00 e. The van der Waals surface area contributed by atoms with Gasteiger partial charge in [-0.25, -0.2) is 0 Å². The Morgan fingerprint density at radius 2 is 0.952 bits per heavy atom. The van der Waals surface area contributed by atoms with Crippen molar-refractivity contribution in [2.24, 2.45) is 0 Å². The molecule has 0 aliphatic rings. The van der Waals surface area contributed by atoms with Crippen LogP contribution in [0.25, 0.3) is 0 Å². The van der Waals surface area contributed by atoms with Crippen molar-refractivity contribution < 1.29 is 20.1 Å². The molecular weight excluding hydrogens is 308 g/mol. The van der Waals surface area contributed by atoms with Crippen LogP contribution in [-0.4, -0.2) is 47.6 Å². The predicted molar refractivity (Wildman–Crippen MR) is 70.8 cm³/mol. The van der Waals surface area contributed by atoms with Gasteiger partial charge in [-0.05, 0) is 11.5 Å². The van der Waals surface area contributed by atoms with Crippen LogP contribution < -0.4 is 10.2 Å². The molecule has 0 amide bonds. The molecule has 0 atom stereocenters. The minimum absolute atomic E-state index is 0. The van der Waals surface area contributed by atoms with Crippen molar-refractivity contribution in [3.05, 3.63) is 68.8 Å². The summed E-state index contributed by atoms with van der Waals surface area (Å²) in [6, 6.07) is 10.5. The summed E-state index contributed by atoms with van der Waals surface area (Å²) in [5, 5.41) is 41.3. The SMILES string of the molecule is O=[N+]([O-])c1ccccc1[O-].O=[N+]([O-])c1ccccc1[O-].[Ca+2]. The van der Waals surface area contributed by atoms with Crippen molar-refractivity contribution in [2.45, 2.75) is 0 Å². The zero-order valence-corrected chi connectivity index (χ0v) is 12.9. The fourth-order valence-electron chi connectivity index (χ4n) is 1.22. The van der Waals surface area contributed by atoms with Gasteiger partial charge in [-0.1, -0.05) is 36.4 Å². The molecule has 0 aliphatic carbocycles. The van der Waals surface area contributed by atoms with Gasteiger partial charge in [-0.3, -0.25) is 20.2 Å². The molecule has 0 spiro atoms. The second kappa shape index (κ2) is 9.11. The first-order valence-corrected chi connectivity index (χ1v) is 5.24. The minimum atomic E-state index is -0.692. The van der Waals surface area contributed by atoms with E-state index in [-0.39, 0.29) is 49.1 Å². The van der Waals surface area contributed by atoms with Gasteiger partial charge in [-0.15, -0.1) is 0 Å². The topological polar surface area (TPSA) is 132 Å². The maximum atomic E-state index is 10.6. The van der Waals surface area contributed by atoms with E-state index in [4.69, 9.17) is 0 Å². The molecule has 0 radical (unpaired) electrons. The van der Waals surface area contributed by atoms with Gasteiger partial charge in [0.05, 0.1) is 9.85 Å². The van der Waals surface area contributed by atoms with E-state index in [1.165, 1.54) is 36.4 Å². The number of hydrogen-bond donors (Lipinski definition) is 0. The van der Waals surface area contributed by atoms with Crippen molar-refractivity contribution in [3.8, 4) is 11.5 Å². The Labute approximate surface area is 149 Å². The summed E-state index contributed by atoms with van der Waals surface area (Å²) >= 11 is 0. The first-order chi connectivity index (χ1) is 9.43. The Morgan fingerprint density at radius 1 is 0.667 bits per heavy atom. The molecule has 0 bridgehead atoms. The standard InChI is InChI=1S/2C6H5NO3.Ca/c2*8-6-4-2-1-3-5(6)7(9)10;/h2*1-4,8H;/q;;+2/p-2. The van der Waals surface area contributed by atoms with Gasteiger partial charge < -0.3 is 10.2 Å². The Morgan fingerprint density at radius 3 is 1.14 bits per heavy atom. The Bertz CT molecular complexity index is 579. The quantitative estimate of drug-likeness (QED) is 0.460. The molecular formula is C12H8CaN2O6. The molecule has 0 saturated carbocycles. The molecule has 2 aromatic rings. The average Bonchev–Trinajstić information content (AvgIpc) is 2.40. The summed E-state index contributed by atoms with van der Waals surface area (Å²) in [7, 11) is 0. The Balaban J connectivity index is 0.000000364. The average molecular weight is 316 g/mol. The molecule has 9 heteroatoms. The summed E-state index contributed by atoms with van der Waals surface area (Å²) in [5.41, 5.74) is -0.745. The van der Waals surface area contributed by atoms with E-state index >= 15 is 0 Å². The van der Waals surface area contributed by atoms with Gasteiger partial charge in [0.2, 0.25) is 0 Å². The van der Waals surface area contributed by atoms with E-state index in [0.717, 1.165) is 12.1 Å². The van der Waals surface area contributed by atoms with Crippen LogP contribution in [-0.2, 0) is 0 Å². The minimum Gasteiger partial charge on any atom is -0.868 e. The van der Waals surface area contributed by atoms with Crippen LogP contribution in [0.5, 0.6) is 11.5 Å².